The summed E-state index contributed by atoms with van der Waals surface area (Å²) in [4.78, 5) is 98.3. The van der Waals surface area contributed by atoms with Gasteiger partial charge >= 0.3 is 5.97 Å². The Balaban J connectivity index is 1.26. The molecule has 7 atom stereocenters. The van der Waals surface area contributed by atoms with Gasteiger partial charge in [-0.15, -0.1) is 11.3 Å². The molecule has 2 aliphatic heterocycles. The molecule has 0 aliphatic carbocycles. The number of fused-ring (bicyclic) bond motifs is 18. The quantitative estimate of drug-likeness (QED) is 0.0814. The SMILES string of the molecule is O=C(N[C@@H](Cc1ccccc1)C(=O)O)[C@H]1CC(=O)[C@H](Cc2ccccc2)NC(=O)[C@@H](Cc2ccc(-c3ccccc3)cc2)NC(=O)[C@H](Cc2cccs2)NC(=O)[C@H](O)[C@@H](O)C(=O)Nc2ccc(cc2)C1. The maximum Gasteiger partial charge on any atom is 0.326 e. The molecule has 2 aliphatic rings. The van der Waals surface area contributed by atoms with Crippen LogP contribution in [0.1, 0.15) is 33.6 Å². The maximum atomic E-state index is 14.8. The predicted molar refractivity (Wildman–Crippen MR) is 263 cm³/mol. The van der Waals surface area contributed by atoms with Crippen LogP contribution in [0, 0.1) is 5.92 Å². The van der Waals surface area contributed by atoms with Crippen molar-refractivity contribution in [3.8, 4) is 11.1 Å². The highest BCUT2D eigenvalue weighted by atomic mass is 32.1. The van der Waals surface area contributed by atoms with Gasteiger partial charge in [0.1, 0.15) is 18.1 Å². The minimum absolute atomic E-state index is 0.0103. The van der Waals surface area contributed by atoms with Gasteiger partial charge < -0.3 is 41.9 Å². The fourth-order valence-electron chi connectivity index (χ4n) is 8.14. The zero-order valence-corrected chi connectivity index (χ0v) is 38.7. The summed E-state index contributed by atoms with van der Waals surface area (Å²) < 4.78 is 0. The summed E-state index contributed by atoms with van der Waals surface area (Å²) in [5.41, 5.74) is 4.48. The summed E-state index contributed by atoms with van der Waals surface area (Å²) in [6.07, 6.45) is -5.37. The lowest BCUT2D eigenvalue weighted by molar-refractivity contribution is -0.144. The van der Waals surface area contributed by atoms with Crippen molar-refractivity contribution in [1.29, 1.82) is 0 Å². The lowest BCUT2D eigenvalue weighted by Crippen LogP contribution is -2.59. The van der Waals surface area contributed by atoms with Crippen molar-refractivity contribution < 1.29 is 48.9 Å². The highest BCUT2D eigenvalue weighted by Crippen LogP contribution is 2.22. The van der Waals surface area contributed by atoms with E-state index < -0.39 is 90.0 Å². The average molecular weight is 964 g/mol. The molecule has 0 saturated carbocycles. The van der Waals surface area contributed by atoms with E-state index in [1.807, 2.05) is 42.5 Å². The van der Waals surface area contributed by atoms with Gasteiger partial charge in [-0.3, -0.25) is 28.8 Å². The molecule has 15 nitrogen and oxygen atoms in total. The Bertz CT molecular complexity index is 2740. The lowest BCUT2D eigenvalue weighted by Gasteiger charge is -2.27. The number of aliphatic carboxylic acids is 1. The topological polar surface area (TPSA) is 240 Å². The molecule has 0 unspecified atom stereocenters. The van der Waals surface area contributed by atoms with Crippen LogP contribution in [0.25, 0.3) is 11.1 Å². The molecule has 16 heteroatoms. The van der Waals surface area contributed by atoms with E-state index in [9.17, 15) is 48.9 Å². The summed E-state index contributed by atoms with van der Waals surface area (Å²) >= 11 is 1.29. The molecular weight excluding hydrogens is 911 g/mol. The van der Waals surface area contributed by atoms with Gasteiger partial charge in [-0.25, -0.2) is 4.79 Å². The van der Waals surface area contributed by atoms with E-state index >= 15 is 0 Å². The predicted octanol–water partition coefficient (Wildman–Crippen LogP) is 4.20. The number of anilines is 1. The van der Waals surface area contributed by atoms with Crippen LogP contribution in [0.15, 0.2) is 157 Å². The number of thiophene rings is 1. The minimum atomic E-state index is -2.32. The monoisotopic (exact) mass is 963 g/mol. The second kappa shape index (κ2) is 24.0. The van der Waals surface area contributed by atoms with Crippen molar-refractivity contribution in [3.63, 3.8) is 0 Å². The van der Waals surface area contributed by atoms with E-state index in [4.69, 9.17) is 0 Å². The van der Waals surface area contributed by atoms with Gasteiger partial charge in [-0.1, -0.05) is 133 Å². The smallest absolute Gasteiger partial charge is 0.326 e. The molecule has 360 valence electrons. The molecule has 5 aromatic carbocycles. The first-order chi connectivity index (χ1) is 33.8. The number of rotatable bonds is 12. The standard InChI is InChI=1S/C54H53N5O10S/c60-46-31-39(49(63)59-45(54(68)69)30-34-13-6-2-7-14-34)27-35-20-24-40(25-21-35)55-52(66)47(61)48(62)53(67)58-44(32-41-17-10-26-70-41)51(65)57-43(50(64)56-42(46)28-33-11-4-1-5-12-33)29-36-18-22-38(23-19-36)37-15-8-3-9-16-37/h1-26,39,42-45,47-48,61-62H,27-32H2,(H,55,66)(H,56,64)(H,57,65)(H,58,67)(H,59,63)(H,68,69)/t39-,42+,43-,44+,45+,47-,48-/m1/s1. The summed E-state index contributed by atoms with van der Waals surface area (Å²) in [5, 5.41) is 47.0. The molecule has 0 radical (unpaired) electrons. The Morgan fingerprint density at radius 2 is 1.09 bits per heavy atom. The number of benzene rings is 5. The number of amides is 5. The molecule has 3 heterocycles. The van der Waals surface area contributed by atoms with Gasteiger partial charge in [0.15, 0.2) is 18.0 Å². The van der Waals surface area contributed by atoms with Crippen molar-refractivity contribution in [3.05, 3.63) is 184 Å². The number of ketones is 1. The van der Waals surface area contributed by atoms with Crippen LogP contribution in [-0.4, -0.2) is 93.0 Å². The largest absolute Gasteiger partial charge is 0.480 e. The van der Waals surface area contributed by atoms with Crippen molar-refractivity contribution in [2.45, 2.75) is 74.9 Å². The van der Waals surface area contributed by atoms with E-state index in [0.717, 1.165) is 11.1 Å². The summed E-state index contributed by atoms with van der Waals surface area (Å²) in [6.45, 7) is 0. The molecule has 0 fully saturated rings. The van der Waals surface area contributed by atoms with Crippen molar-refractivity contribution >= 4 is 58.3 Å². The molecule has 8 rings (SSSR count). The van der Waals surface area contributed by atoms with Gasteiger partial charge in [0.25, 0.3) is 11.8 Å². The Morgan fingerprint density at radius 3 is 1.70 bits per heavy atom. The lowest BCUT2D eigenvalue weighted by atomic mass is 9.89. The first kappa shape index (κ1) is 50.1. The van der Waals surface area contributed by atoms with Crippen molar-refractivity contribution in [2.75, 3.05) is 5.32 Å². The van der Waals surface area contributed by atoms with E-state index in [1.165, 1.54) is 23.5 Å². The first-order valence-corrected chi connectivity index (χ1v) is 23.6. The number of carbonyl (C=O) groups excluding carboxylic acids is 6. The molecule has 0 spiro atoms. The Kier molecular flexibility index (Phi) is 17.2. The summed E-state index contributed by atoms with van der Waals surface area (Å²) in [7, 11) is 0. The number of nitrogens with one attached hydrogen (secondary N) is 5. The van der Waals surface area contributed by atoms with Gasteiger partial charge in [-0.2, -0.15) is 0 Å². The van der Waals surface area contributed by atoms with Gasteiger partial charge in [0.2, 0.25) is 17.7 Å². The van der Waals surface area contributed by atoms with Crippen LogP contribution in [0.5, 0.6) is 0 Å². The van der Waals surface area contributed by atoms with Crippen molar-refractivity contribution in [1.82, 2.24) is 21.3 Å². The summed E-state index contributed by atoms with van der Waals surface area (Å²) in [6, 6.07) is 38.7. The molecule has 70 heavy (non-hydrogen) atoms. The number of carbonyl (C=O) groups is 7. The fraction of sp³-hybridized carbons (Fsp3) is 0.241. The zero-order valence-electron chi connectivity index (χ0n) is 37.9. The third kappa shape index (κ3) is 13.9. The number of Topliss-reactive ketones (excluding diaryl/α,β-unsaturated/α-hetero) is 1. The van der Waals surface area contributed by atoms with Crippen molar-refractivity contribution in [2.24, 2.45) is 5.92 Å². The Hall–Kier alpha value is -7.79. The third-order valence-electron chi connectivity index (χ3n) is 12.0. The van der Waals surface area contributed by atoms with Gasteiger partial charge in [-0.05, 0) is 69.8 Å². The van der Waals surface area contributed by atoms with Crippen LogP contribution < -0.4 is 26.6 Å². The van der Waals surface area contributed by atoms with E-state index in [-0.39, 0.29) is 37.8 Å². The summed E-state index contributed by atoms with van der Waals surface area (Å²) in [5.74, 6) is -7.71. The Labute approximate surface area is 408 Å². The molecule has 0 saturated heterocycles. The molecule has 1 aromatic heterocycles. The van der Waals surface area contributed by atoms with Crippen LogP contribution in [0.3, 0.4) is 0 Å². The van der Waals surface area contributed by atoms with E-state index in [2.05, 4.69) is 26.6 Å². The zero-order chi connectivity index (χ0) is 49.6. The maximum absolute atomic E-state index is 14.8. The fourth-order valence-corrected chi connectivity index (χ4v) is 8.89. The molecule has 2 bridgehead atoms. The van der Waals surface area contributed by atoms with E-state index in [0.29, 0.717) is 27.1 Å². The average Bonchev–Trinajstić information content (AvgIpc) is 3.89. The number of hydrogen-bond acceptors (Lipinski definition) is 10. The third-order valence-corrected chi connectivity index (χ3v) is 12.9. The highest BCUT2D eigenvalue weighted by molar-refractivity contribution is 7.09. The number of aliphatic hydroxyl groups is 2. The van der Waals surface area contributed by atoms with E-state index in [1.54, 1.807) is 102 Å². The minimum Gasteiger partial charge on any atom is -0.480 e. The van der Waals surface area contributed by atoms with Gasteiger partial charge in [0, 0.05) is 42.2 Å². The second-order valence-electron chi connectivity index (χ2n) is 17.2. The van der Waals surface area contributed by atoms with Crippen LogP contribution >= 0.6 is 11.3 Å². The molecule has 5 amide bonds. The number of carboxylic acid groups (broad SMARTS) is 1. The van der Waals surface area contributed by atoms with Crippen LogP contribution in [0.2, 0.25) is 0 Å². The number of carboxylic acids is 1. The Morgan fingerprint density at radius 1 is 0.557 bits per heavy atom. The molecular formula is C54H53N5O10S. The molecule has 8 N–H and O–H groups in total. The number of aliphatic hydroxyl groups excluding tert-OH is 2. The second-order valence-corrected chi connectivity index (χ2v) is 18.2. The molecule has 6 aromatic rings. The van der Waals surface area contributed by atoms with Crippen LogP contribution in [-0.2, 0) is 65.7 Å². The first-order valence-electron chi connectivity index (χ1n) is 22.8. The highest BCUT2D eigenvalue weighted by Gasteiger charge is 2.36. The van der Waals surface area contributed by atoms with Gasteiger partial charge in [0.05, 0.1) is 6.04 Å². The normalized spacial score (nSPS) is 21.0. The van der Waals surface area contributed by atoms with Crippen LogP contribution in [0.4, 0.5) is 5.69 Å². The number of hydrogen-bond donors (Lipinski definition) is 8.